The van der Waals surface area contributed by atoms with Crippen LogP contribution in [0.4, 0.5) is 0 Å². The van der Waals surface area contributed by atoms with E-state index in [0.29, 0.717) is 37.4 Å². The van der Waals surface area contributed by atoms with Crippen molar-refractivity contribution in [3.63, 3.8) is 0 Å². The lowest BCUT2D eigenvalue weighted by Crippen LogP contribution is -2.23. The number of fused-ring (bicyclic) bond motifs is 1. The first-order chi connectivity index (χ1) is 23.3. The van der Waals surface area contributed by atoms with E-state index in [9.17, 15) is 20.1 Å². The van der Waals surface area contributed by atoms with Crippen molar-refractivity contribution in [3.05, 3.63) is 125 Å². The largest absolute Gasteiger partial charge is 0.508 e. The Morgan fingerprint density at radius 3 is 2.46 bits per heavy atom. The molecule has 4 aromatic rings. The number of phenolic OH excluding ortho intramolecular Hbond substituents is 1. The first kappa shape index (κ1) is 34.8. The van der Waals surface area contributed by atoms with E-state index in [0.717, 1.165) is 59.6 Å². The molecule has 3 N–H and O–H groups in total. The molecular formula is C42H48O6. The molecule has 6 nitrogen and oxygen atoms in total. The Bertz CT molecular complexity index is 1720. The SMILES string of the molecule is CCc1cc(O)cc2ccc(COc3cc(CCC(=O)CC(O)CC4C=C(O)C=CC4CCCCc4ccccc4)ccc3OC)cc12. The number of aliphatic hydroxyl groups excluding tert-OH is 2. The molecule has 0 saturated carbocycles. The molecule has 0 amide bonds. The Labute approximate surface area is 284 Å². The lowest BCUT2D eigenvalue weighted by Gasteiger charge is -2.27. The number of carbonyl (C=O) groups is 1. The monoisotopic (exact) mass is 648 g/mol. The summed E-state index contributed by atoms with van der Waals surface area (Å²) in [6, 6.07) is 25.9. The number of hydrogen-bond donors (Lipinski definition) is 3. The highest BCUT2D eigenvalue weighted by Crippen LogP contribution is 2.33. The summed E-state index contributed by atoms with van der Waals surface area (Å²) >= 11 is 0. The number of ether oxygens (including phenoxy) is 2. The molecule has 3 atom stereocenters. The molecule has 0 radical (unpaired) electrons. The average molecular weight is 649 g/mol. The van der Waals surface area contributed by atoms with E-state index < -0.39 is 6.10 Å². The summed E-state index contributed by atoms with van der Waals surface area (Å²) in [4.78, 5) is 12.9. The molecule has 0 spiro atoms. The van der Waals surface area contributed by atoms with Gasteiger partial charge in [0.1, 0.15) is 23.9 Å². The highest BCUT2D eigenvalue weighted by atomic mass is 16.5. The molecule has 0 bridgehead atoms. The van der Waals surface area contributed by atoms with Crippen molar-refractivity contribution < 1.29 is 29.6 Å². The summed E-state index contributed by atoms with van der Waals surface area (Å²) in [5, 5.41) is 33.2. The highest BCUT2D eigenvalue weighted by molar-refractivity contribution is 5.87. The minimum absolute atomic E-state index is 0.000801. The van der Waals surface area contributed by atoms with E-state index >= 15 is 0 Å². The maximum atomic E-state index is 12.9. The predicted octanol–water partition coefficient (Wildman–Crippen LogP) is 9.00. The summed E-state index contributed by atoms with van der Waals surface area (Å²) in [5.41, 5.74) is 4.38. The number of hydrogen-bond acceptors (Lipinski definition) is 6. The number of aromatic hydroxyl groups is 1. The van der Waals surface area contributed by atoms with Crippen LogP contribution in [0.15, 0.2) is 103 Å². The second-order valence-corrected chi connectivity index (χ2v) is 12.9. The number of methoxy groups -OCH3 is 1. The molecule has 0 aromatic heterocycles. The molecule has 0 aliphatic heterocycles. The second kappa shape index (κ2) is 17.0. The van der Waals surface area contributed by atoms with Crippen LogP contribution in [-0.2, 0) is 30.7 Å². The molecule has 1 aliphatic rings. The van der Waals surface area contributed by atoms with Gasteiger partial charge in [-0.15, -0.1) is 0 Å². The smallest absolute Gasteiger partial charge is 0.161 e. The Kier molecular flexibility index (Phi) is 12.3. The van der Waals surface area contributed by atoms with Gasteiger partial charge in [0, 0.05) is 12.8 Å². The quantitative estimate of drug-likeness (QED) is 0.0990. The predicted molar refractivity (Wildman–Crippen MR) is 192 cm³/mol. The summed E-state index contributed by atoms with van der Waals surface area (Å²) in [5.74, 6) is 1.96. The number of phenols is 1. The van der Waals surface area contributed by atoms with Crippen LogP contribution in [0.25, 0.3) is 10.8 Å². The second-order valence-electron chi connectivity index (χ2n) is 12.9. The van der Waals surface area contributed by atoms with Crippen molar-refractivity contribution in [1.29, 1.82) is 0 Å². The fourth-order valence-corrected chi connectivity index (χ4v) is 6.71. The highest BCUT2D eigenvalue weighted by Gasteiger charge is 2.25. The number of Topliss-reactive ketones (excluding diaryl/α,β-unsaturated/α-hetero) is 1. The van der Waals surface area contributed by atoms with Crippen LogP contribution in [-0.4, -0.2) is 34.3 Å². The maximum Gasteiger partial charge on any atom is 0.161 e. The molecule has 252 valence electrons. The van der Waals surface area contributed by atoms with Crippen LogP contribution in [0.5, 0.6) is 17.2 Å². The minimum Gasteiger partial charge on any atom is -0.508 e. The van der Waals surface area contributed by atoms with Crippen LogP contribution in [0, 0.1) is 11.8 Å². The number of unbranched alkanes of at least 4 members (excludes halogenated alkanes) is 1. The minimum atomic E-state index is -0.765. The first-order valence-electron chi connectivity index (χ1n) is 17.2. The lowest BCUT2D eigenvalue weighted by molar-refractivity contribution is -0.121. The normalized spacial score (nSPS) is 16.4. The third-order valence-electron chi connectivity index (χ3n) is 9.34. The topological polar surface area (TPSA) is 96.2 Å². The Morgan fingerprint density at radius 2 is 1.67 bits per heavy atom. The van der Waals surface area contributed by atoms with E-state index in [2.05, 4.69) is 43.3 Å². The molecule has 0 heterocycles. The fraction of sp³-hybridized carbons (Fsp3) is 0.357. The van der Waals surface area contributed by atoms with Gasteiger partial charge in [0.15, 0.2) is 11.5 Å². The van der Waals surface area contributed by atoms with Crippen LogP contribution < -0.4 is 9.47 Å². The fourth-order valence-electron chi connectivity index (χ4n) is 6.71. The Morgan fingerprint density at radius 1 is 0.854 bits per heavy atom. The molecule has 5 rings (SSSR count). The summed E-state index contributed by atoms with van der Waals surface area (Å²) in [6.07, 6.45) is 11.2. The van der Waals surface area contributed by atoms with Crippen LogP contribution in [0.3, 0.4) is 0 Å². The van der Waals surface area contributed by atoms with Crippen molar-refractivity contribution in [2.24, 2.45) is 11.8 Å². The van der Waals surface area contributed by atoms with Gasteiger partial charge in [0.25, 0.3) is 0 Å². The van der Waals surface area contributed by atoms with Gasteiger partial charge in [-0.2, -0.15) is 0 Å². The molecular weight excluding hydrogens is 600 g/mol. The molecule has 6 heteroatoms. The number of ketones is 1. The third kappa shape index (κ3) is 9.74. The van der Waals surface area contributed by atoms with Gasteiger partial charge in [-0.1, -0.05) is 68.0 Å². The number of aliphatic hydroxyl groups is 2. The number of allylic oxidation sites excluding steroid dienone is 3. The number of carbonyl (C=O) groups excluding carboxylic acids is 1. The van der Waals surface area contributed by atoms with Crippen molar-refractivity contribution in [2.75, 3.05) is 7.11 Å². The van der Waals surface area contributed by atoms with Crippen LogP contribution in [0.1, 0.15) is 67.7 Å². The number of rotatable bonds is 17. The average Bonchev–Trinajstić information content (AvgIpc) is 3.09. The van der Waals surface area contributed by atoms with Crippen molar-refractivity contribution in [3.8, 4) is 17.2 Å². The summed E-state index contributed by atoms with van der Waals surface area (Å²) < 4.78 is 11.7. The van der Waals surface area contributed by atoms with Crippen molar-refractivity contribution in [2.45, 2.75) is 77.4 Å². The van der Waals surface area contributed by atoms with E-state index in [1.165, 1.54) is 5.56 Å². The van der Waals surface area contributed by atoms with E-state index in [4.69, 9.17) is 9.47 Å². The zero-order valence-corrected chi connectivity index (χ0v) is 28.1. The molecule has 0 fully saturated rings. The summed E-state index contributed by atoms with van der Waals surface area (Å²) in [6.45, 7) is 2.42. The molecule has 0 saturated heterocycles. The van der Waals surface area contributed by atoms with Gasteiger partial charge >= 0.3 is 0 Å². The molecule has 48 heavy (non-hydrogen) atoms. The zero-order chi connectivity index (χ0) is 33.9. The third-order valence-corrected chi connectivity index (χ3v) is 9.34. The van der Waals surface area contributed by atoms with E-state index in [1.807, 2.05) is 42.5 Å². The van der Waals surface area contributed by atoms with Gasteiger partial charge in [-0.25, -0.2) is 0 Å². The van der Waals surface area contributed by atoms with Gasteiger partial charge in [0.2, 0.25) is 0 Å². The van der Waals surface area contributed by atoms with Gasteiger partial charge in [0.05, 0.1) is 13.2 Å². The molecule has 3 unspecified atom stereocenters. The van der Waals surface area contributed by atoms with E-state index in [-0.39, 0.29) is 35.5 Å². The Balaban J connectivity index is 1.11. The number of benzene rings is 4. The van der Waals surface area contributed by atoms with Gasteiger partial charge < -0.3 is 24.8 Å². The zero-order valence-electron chi connectivity index (χ0n) is 28.1. The first-order valence-corrected chi connectivity index (χ1v) is 17.2. The van der Waals surface area contributed by atoms with Crippen molar-refractivity contribution >= 4 is 16.6 Å². The molecule has 1 aliphatic carbocycles. The standard InChI is InChI=1S/C42H48O6/c1-3-32-23-38(45)24-34-16-13-31(21-40(32)34)28-48-42-22-30(15-20-41(42)47-2)14-18-37(44)27-39(46)26-35-25-36(43)19-17-33(35)12-8-7-11-29-9-5-4-6-10-29/h4-6,9-10,13,15-17,19-25,33,35,39,43,45-46H,3,7-8,11-12,14,18,26-28H2,1-2H3. The number of aryl methyl sites for hydroxylation is 3. The Hall–Kier alpha value is -4.55. The van der Waals surface area contributed by atoms with Gasteiger partial charge in [-0.3, -0.25) is 4.79 Å². The van der Waals surface area contributed by atoms with Gasteiger partial charge in [-0.05, 0) is 126 Å². The van der Waals surface area contributed by atoms with E-state index in [1.54, 1.807) is 25.3 Å². The van der Waals surface area contributed by atoms with Crippen LogP contribution in [0.2, 0.25) is 0 Å². The van der Waals surface area contributed by atoms with Crippen LogP contribution >= 0.6 is 0 Å². The van der Waals surface area contributed by atoms with Crippen molar-refractivity contribution in [1.82, 2.24) is 0 Å². The molecule has 4 aromatic carbocycles. The maximum absolute atomic E-state index is 12.9. The lowest BCUT2D eigenvalue weighted by atomic mass is 9.80. The summed E-state index contributed by atoms with van der Waals surface area (Å²) in [7, 11) is 1.61.